The maximum atomic E-state index is 6.06. The van der Waals surface area contributed by atoms with Gasteiger partial charge in [-0.05, 0) is 60.7 Å². The van der Waals surface area contributed by atoms with E-state index in [9.17, 15) is 0 Å². The fourth-order valence-electron chi connectivity index (χ4n) is 5.30. The monoisotopic (exact) mass is 414 g/mol. The van der Waals surface area contributed by atoms with Gasteiger partial charge in [0.25, 0.3) is 0 Å². The molecule has 3 saturated heterocycles. The van der Waals surface area contributed by atoms with E-state index in [0.29, 0.717) is 23.9 Å². The quantitative estimate of drug-likeness (QED) is 0.464. The van der Waals surface area contributed by atoms with Crippen molar-refractivity contribution in [1.82, 2.24) is 4.90 Å². The Balaban J connectivity index is 1.54. The number of piperidine rings is 3. The molecule has 30 heavy (non-hydrogen) atoms. The van der Waals surface area contributed by atoms with Crippen molar-refractivity contribution in [2.45, 2.75) is 30.8 Å². The number of halogens is 1. The van der Waals surface area contributed by atoms with Crippen molar-refractivity contribution in [2.24, 2.45) is 10.9 Å². The summed E-state index contributed by atoms with van der Waals surface area (Å²) in [6.45, 7) is 2.36. The predicted molar refractivity (Wildman–Crippen MR) is 126 cm³/mol. The molecule has 3 aliphatic rings. The van der Waals surface area contributed by atoms with Crippen molar-refractivity contribution >= 4 is 17.8 Å². The summed E-state index contributed by atoms with van der Waals surface area (Å²) in [4.78, 5) is 7.90. The number of fused-ring (bicyclic) bond motifs is 3. The van der Waals surface area contributed by atoms with Gasteiger partial charge in [-0.2, -0.15) is 0 Å². The van der Waals surface area contributed by atoms with Crippen LogP contribution in [0.5, 0.6) is 0 Å². The minimum Gasteiger partial charge on any atom is -0.297 e. The van der Waals surface area contributed by atoms with Gasteiger partial charge in [-0.25, -0.2) is 0 Å². The molecule has 3 heteroatoms. The molecule has 0 aromatic heterocycles. The first-order valence-corrected chi connectivity index (χ1v) is 11.3. The fourth-order valence-corrected chi connectivity index (χ4v) is 5.43. The standard InChI is InChI=1S/C27H27ClN2/c28-24-13-11-20(12-14-24)19-29-26-23-15-17-30(18-16-23)27(26)25(21-7-3-1-4-8-21)22-9-5-2-6-10-22/h1-14,19,23,25-27H,15-18H2/b29-19+/t26-,27+/m1/s1. The number of rotatable bonds is 5. The van der Waals surface area contributed by atoms with Gasteiger partial charge in [-0.15, -0.1) is 0 Å². The van der Waals surface area contributed by atoms with Crippen LogP contribution in [0.4, 0.5) is 0 Å². The molecule has 0 N–H and O–H groups in total. The second-order valence-electron chi connectivity index (χ2n) is 8.48. The van der Waals surface area contributed by atoms with Gasteiger partial charge >= 0.3 is 0 Å². The Kier molecular flexibility index (Phi) is 5.70. The average molecular weight is 415 g/mol. The highest BCUT2D eigenvalue weighted by Gasteiger charge is 2.46. The normalized spacial score (nSPS) is 25.8. The zero-order valence-corrected chi connectivity index (χ0v) is 17.8. The highest BCUT2D eigenvalue weighted by molar-refractivity contribution is 6.30. The van der Waals surface area contributed by atoms with Crippen LogP contribution in [0.25, 0.3) is 0 Å². The number of hydrogen-bond donors (Lipinski definition) is 0. The summed E-state index contributed by atoms with van der Waals surface area (Å²) >= 11 is 6.06. The van der Waals surface area contributed by atoms with Crippen molar-refractivity contribution in [3.8, 4) is 0 Å². The van der Waals surface area contributed by atoms with Crippen LogP contribution in [0.15, 0.2) is 89.9 Å². The topological polar surface area (TPSA) is 15.6 Å². The first-order valence-electron chi connectivity index (χ1n) is 10.9. The molecule has 3 aromatic carbocycles. The van der Waals surface area contributed by atoms with Gasteiger partial charge in [-0.1, -0.05) is 84.4 Å². The first kappa shape index (κ1) is 19.5. The lowest BCUT2D eigenvalue weighted by atomic mass is 9.71. The molecular formula is C27H27ClN2. The molecule has 2 nitrogen and oxygen atoms in total. The van der Waals surface area contributed by atoms with Gasteiger partial charge in [0.2, 0.25) is 0 Å². The first-order chi connectivity index (χ1) is 14.8. The van der Waals surface area contributed by atoms with E-state index >= 15 is 0 Å². The van der Waals surface area contributed by atoms with Crippen LogP contribution in [0, 0.1) is 5.92 Å². The van der Waals surface area contributed by atoms with E-state index in [2.05, 4.69) is 71.8 Å². The lowest BCUT2D eigenvalue weighted by Gasteiger charge is -2.52. The van der Waals surface area contributed by atoms with E-state index in [1.165, 1.54) is 37.1 Å². The zero-order chi connectivity index (χ0) is 20.3. The number of nitrogens with zero attached hydrogens (tertiary/aromatic N) is 2. The van der Waals surface area contributed by atoms with Crippen LogP contribution in [0.1, 0.15) is 35.4 Å². The van der Waals surface area contributed by atoms with Crippen LogP contribution in [-0.2, 0) is 0 Å². The Labute approximate surface area is 184 Å². The van der Waals surface area contributed by atoms with Crippen LogP contribution in [0.2, 0.25) is 5.02 Å². The summed E-state index contributed by atoms with van der Waals surface area (Å²) in [6, 6.07) is 30.6. The number of hydrogen-bond acceptors (Lipinski definition) is 2. The summed E-state index contributed by atoms with van der Waals surface area (Å²) in [5.74, 6) is 0.973. The Hall–Kier alpha value is -2.42. The van der Waals surface area contributed by atoms with E-state index in [1.54, 1.807) is 0 Å². The molecule has 3 aromatic rings. The Morgan fingerprint density at radius 2 is 1.37 bits per heavy atom. The van der Waals surface area contributed by atoms with Crippen LogP contribution < -0.4 is 0 Å². The van der Waals surface area contributed by atoms with E-state index in [1.807, 2.05) is 24.3 Å². The van der Waals surface area contributed by atoms with Gasteiger partial charge < -0.3 is 0 Å². The lowest BCUT2D eigenvalue weighted by molar-refractivity contribution is 0.0215. The molecule has 0 amide bonds. The molecule has 152 valence electrons. The highest BCUT2D eigenvalue weighted by Crippen LogP contribution is 2.43. The number of benzene rings is 3. The molecule has 3 heterocycles. The molecule has 2 bridgehead atoms. The molecule has 0 saturated carbocycles. The van der Waals surface area contributed by atoms with E-state index in [4.69, 9.17) is 16.6 Å². The van der Waals surface area contributed by atoms with Crippen LogP contribution in [-0.4, -0.2) is 36.3 Å². The predicted octanol–water partition coefficient (Wildman–Crippen LogP) is 6.05. The van der Waals surface area contributed by atoms with E-state index in [0.717, 1.165) is 10.6 Å². The molecular weight excluding hydrogens is 388 g/mol. The van der Waals surface area contributed by atoms with Crippen LogP contribution >= 0.6 is 11.6 Å². The minimum atomic E-state index is 0.300. The Morgan fingerprint density at radius 3 is 1.93 bits per heavy atom. The van der Waals surface area contributed by atoms with Gasteiger partial charge in [-0.3, -0.25) is 9.89 Å². The molecule has 0 unspecified atom stereocenters. The molecule has 0 aliphatic carbocycles. The minimum absolute atomic E-state index is 0.300. The molecule has 0 radical (unpaired) electrons. The third kappa shape index (κ3) is 3.95. The summed E-state index contributed by atoms with van der Waals surface area (Å²) in [7, 11) is 0. The van der Waals surface area contributed by atoms with Gasteiger partial charge in [0.05, 0.1) is 6.04 Å². The highest BCUT2D eigenvalue weighted by atomic mass is 35.5. The van der Waals surface area contributed by atoms with Gasteiger partial charge in [0.15, 0.2) is 0 Å². The van der Waals surface area contributed by atoms with Crippen molar-refractivity contribution in [1.29, 1.82) is 0 Å². The van der Waals surface area contributed by atoms with Gasteiger partial charge in [0, 0.05) is 23.2 Å². The Bertz CT molecular complexity index is 937. The smallest absolute Gasteiger partial charge is 0.0693 e. The van der Waals surface area contributed by atoms with E-state index < -0.39 is 0 Å². The maximum absolute atomic E-state index is 6.06. The SMILES string of the molecule is Clc1ccc(/C=N/[C@@H]2C3CCN(CC3)[C@H]2C(c2ccccc2)c2ccccc2)cc1. The summed E-state index contributed by atoms with van der Waals surface area (Å²) in [6.07, 6.45) is 4.55. The van der Waals surface area contributed by atoms with Crippen molar-refractivity contribution in [3.63, 3.8) is 0 Å². The lowest BCUT2D eigenvalue weighted by Crippen LogP contribution is -2.59. The fraction of sp³-hybridized carbons (Fsp3) is 0.296. The largest absolute Gasteiger partial charge is 0.297 e. The summed E-state index contributed by atoms with van der Waals surface area (Å²) < 4.78 is 0. The van der Waals surface area contributed by atoms with Crippen molar-refractivity contribution in [3.05, 3.63) is 107 Å². The zero-order valence-electron chi connectivity index (χ0n) is 17.1. The van der Waals surface area contributed by atoms with Crippen molar-refractivity contribution in [2.75, 3.05) is 13.1 Å². The molecule has 3 aliphatic heterocycles. The van der Waals surface area contributed by atoms with Gasteiger partial charge in [0.1, 0.15) is 0 Å². The average Bonchev–Trinajstić information content (AvgIpc) is 2.82. The van der Waals surface area contributed by atoms with E-state index in [-0.39, 0.29) is 0 Å². The maximum Gasteiger partial charge on any atom is 0.0693 e. The summed E-state index contributed by atoms with van der Waals surface area (Å²) in [5, 5.41) is 0.765. The molecule has 0 spiro atoms. The second-order valence-corrected chi connectivity index (χ2v) is 8.92. The Morgan fingerprint density at radius 1 is 0.800 bits per heavy atom. The molecule has 2 atom stereocenters. The van der Waals surface area contributed by atoms with Crippen molar-refractivity contribution < 1.29 is 0 Å². The molecule has 3 fully saturated rings. The molecule has 6 rings (SSSR count). The number of aliphatic imine (C=N–C) groups is 1. The third-order valence-corrected chi connectivity index (χ3v) is 7.01. The summed E-state index contributed by atoms with van der Waals surface area (Å²) in [5.41, 5.74) is 3.88. The third-order valence-electron chi connectivity index (χ3n) is 6.75. The second kappa shape index (κ2) is 8.75. The van der Waals surface area contributed by atoms with Crippen LogP contribution in [0.3, 0.4) is 0 Å².